The summed E-state index contributed by atoms with van der Waals surface area (Å²) in [6.45, 7) is 7.09. The highest BCUT2D eigenvalue weighted by molar-refractivity contribution is 7.99. The van der Waals surface area contributed by atoms with Gasteiger partial charge in [0.15, 0.2) is 5.16 Å². The van der Waals surface area contributed by atoms with Crippen LogP contribution in [0.3, 0.4) is 0 Å². The van der Waals surface area contributed by atoms with Gasteiger partial charge in [-0.05, 0) is 37.5 Å². The topological polar surface area (TPSA) is 44.1 Å². The molecule has 1 unspecified atom stereocenters. The van der Waals surface area contributed by atoms with Gasteiger partial charge in [-0.25, -0.2) is 4.98 Å². The number of thioether (sulfide) groups is 1. The molecule has 4 nitrogen and oxygen atoms in total. The Morgan fingerprint density at radius 3 is 2.73 bits per heavy atom. The third kappa shape index (κ3) is 4.23. The molecule has 1 atom stereocenters. The summed E-state index contributed by atoms with van der Waals surface area (Å²) in [5, 5.41) is 1.59. The zero-order valence-electron chi connectivity index (χ0n) is 18.1. The summed E-state index contributed by atoms with van der Waals surface area (Å²) in [6, 6.07) is 9.93. The Morgan fingerprint density at radius 1 is 1.20 bits per heavy atom. The second kappa shape index (κ2) is 9.25. The van der Waals surface area contributed by atoms with Crippen LogP contribution < -0.4 is 5.56 Å². The SMILES string of the molecule is CCCCCCSc1nc2sc3c(c2c(=O)n1-c1ccccc1)CC(C)(CC)OC3. The Morgan fingerprint density at radius 2 is 2.00 bits per heavy atom. The highest BCUT2D eigenvalue weighted by Gasteiger charge is 2.33. The monoisotopic (exact) mass is 442 g/mol. The molecule has 3 aromatic rings. The van der Waals surface area contributed by atoms with Gasteiger partial charge in [0.25, 0.3) is 5.56 Å². The maximum absolute atomic E-state index is 13.8. The molecule has 2 aromatic heterocycles. The molecule has 0 aliphatic carbocycles. The zero-order valence-corrected chi connectivity index (χ0v) is 19.7. The second-order valence-corrected chi connectivity index (χ2v) is 10.4. The van der Waals surface area contributed by atoms with E-state index in [4.69, 9.17) is 9.72 Å². The van der Waals surface area contributed by atoms with Crippen LogP contribution >= 0.6 is 23.1 Å². The summed E-state index contributed by atoms with van der Waals surface area (Å²) in [7, 11) is 0. The van der Waals surface area contributed by atoms with Crippen molar-refractivity contribution in [1.29, 1.82) is 0 Å². The van der Waals surface area contributed by atoms with Crippen LogP contribution in [0.2, 0.25) is 0 Å². The Bertz CT molecular complexity index is 1070. The predicted molar refractivity (Wildman–Crippen MR) is 127 cm³/mol. The minimum atomic E-state index is -0.211. The minimum Gasteiger partial charge on any atom is -0.369 e. The molecule has 0 saturated heterocycles. The molecule has 30 heavy (non-hydrogen) atoms. The van der Waals surface area contributed by atoms with Crippen LogP contribution in [0.5, 0.6) is 0 Å². The van der Waals surface area contributed by atoms with Crippen molar-refractivity contribution in [1.82, 2.24) is 9.55 Å². The molecule has 0 spiro atoms. The van der Waals surface area contributed by atoms with E-state index in [9.17, 15) is 4.79 Å². The Hall–Kier alpha value is -1.63. The van der Waals surface area contributed by atoms with E-state index in [2.05, 4.69) is 20.8 Å². The van der Waals surface area contributed by atoms with Crippen LogP contribution in [0.25, 0.3) is 15.9 Å². The van der Waals surface area contributed by atoms with Crippen molar-refractivity contribution in [3.05, 3.63) is 51.1 Å². The molecule has 0 radical (unpaired) electrons. The molecule has 0 bridgehead atoms. The van der Waals surface area contributed by atoms with Crippen LogP contribution in [0.1, 0.15) is 63.3 Å². The third-order valence-electron chi connectivity index (χ3n) is 5.97. The van der Waals surface area contributed by atoms with Gasteiger partial charge >= 0.3 is 0 Å². The van der Waals surface area contributed by atoms with Crippen LogP contribution in [-0.4, -0.2) is 20.9 Å². The van der Waals surface area contributed by atoms with Gasteiger partial charge in [0, 0.05) is 17.1 Å². The molecule has 0 N–H and O–H groups in total. The summed E-state index contributed by atoms with van der Waals surface area (Å²) in [4.78, 5) is 20.8. The van der Waals surface area contributed by atoms with Crippen molar-refractivity contribution in [3.8, 4) is 5.69 Å². The van der Waals surface area contributed by atoms with Gasteiger partial charge in [-0.15, -0.1) is 11.3 Å². The summed E-state index contributed by atoms with van der Waals surface area (Å²) in [6.07, 6.45) is 6.55. The average Bonchev–Trinajstić information content (AvgIpc) is 3.11. The van der Waals surface area contributed by atoms with Gasteiger partial charge in [0.1, 0.15) is 4.83 Å². The van der Waals surface area contributed by atoms with Gasteiger partial charge in [-0.2, -0.15) is 0 Å². The standard InChI is InChI=1S/C24H30N2O2S2/c1-4-6-7-11-14-29-23-25-21-20(22(27)26(23)17-12-9-8-10-13-17)18-15-24(3,5-2)28-16-19(18)30-21/h8-10,12-13H,4-7,11,14-16H2,1-3H3. The number of nitrogens with zero attached hydrogens (tertiary/aromatic N) is 2. The first kappa shape index (κ1) is 21.6. The van der Waals surface area contributed by atoms with E-state index in [1.54, 1.807) is 23.1 Å². The van der Waals surface area contributed by atoms with Gasteiger partial charge < -0.3 is 4.74 Å². The van der Waals surface area contributed by atoms with Crippen molar-refractivity contribution in [2.24, 2.45) is 0 Å². The van der Waals surface area contributed by atoms with Crippen LogP contribution in [0, 0.1) is 0 Å². The number of unbranched alkanes of at least 4 members (excludes halogenated alkanes) is 3. The van der Waals surface area contributed by atoms with Gasteiger partial charge in [0.05, 0.1) is 23.3 Å². The lowest BCUT2D eigenvalue weighted by Gasteiger charge is -2.32. The molecule has 3 heterocycles. The smallest absolute Gasteiger partial charge is 0.267 e. The molecular formula is C24H30N2O2S2. The van der Waals surface area contributed by atoms with Crippen LogP contribution in [-0.2, 0) is 17.8 Å². The molecule has 0 fully saturated rings. The largest absolute Gasteiger partial charge is 0.369 e. The number of para-hydroxylation sites is 1. The summed E-state index contributed by atoms with van der Waals surface area (Å²) < 4.78 is 7.94. The fourth-order valence-electron chi connectivity index (χ4n) is 3.92. The van der Waals surface area contributed by atoms with Gasteiger partial charge in [0.2, 0.25) is 0 Å². The number of hydrogen-bond acceptors (Lipinski definition) is 5. The Balaban J connectivity index is 1.80. The average molecular weight is 443 g/mol. The fourth-order valence-corrected chi connectivity index (χ4v) is 6.08. The number of benzene rings is 1. The highest BCUT2D eigenvalue weighted by atomic mass is 32.2. The minimum absolute atomic E-state index is 0.0557. The molecule has 4 rings (SSSR count). The lowest BCUT2D eigenvalue weighted by Crippen LogP contribution is -2.34. The fraction of sp³-hybridized carbons (Fsp3) is 0.500. The first-order valence-electron chi connectivity index (χ1n) is 11.0. The number of fused-ring (bicyclic) bond motifs is 3. The van der Waals surface area contributed by atoms with Crippen molar-refractivity contribution in [3.63, 3.8) is 0 Å². The van der Waals surface area contributed by atoms with E-state index >= 15 is 0 Å². The molecule has 1 aliphatic rings. The maximum atomic E-state index is 13.8. The van der Waals surface area contributed by atoms with E-state index in [1.807, 2.05) is 34.9 Å². The van der Waals surface area contributed by atoms with Gasteiger partial charge in [-0.3, -0.25) is 9.36 Å². The van der Waals surface area contributed by atoms with Crippen LogP contribution in [0.4, 0.5) is 0 Å². The summed E-state index contributed by atoms with van der Waals surface area (Å²) in [5.41, 5.74) is 1.88. The Labute approximate surface area is 186 Å². The second-order valence-electron chi connectivity index (χ2n) is 8.23. The van der Waals surface area contributed by atoms with Crippen LogP contribution in [0.15, 0.2) is 40.3 Å². The van der Waals surface area contributed by atoms with E-state index in [-0.39, 0.29) is 11.2 Å². The van der Waals surface area contributed by atoms with Crippen molar-refractivity contribution >= 4 is 33.3 Å². The molecule has 0 saturated carbocycles. The molecule has 6 heteroatoms. The molecule has 0 amide bonds. The zero-order chi connectivity index (χ0) is 21.1. The van der Waals surface area contributed by atoms with Crippen molar-refractivity contribution in [2.45, 2.75) is 76.7 Å². The first-order valence-corrected chi connectivity index (χ1v) is 12.8. The molecule has 160 valence electrons. The number of ether oxygens (including phenoxy) is 1. The van der Waals surface area contributed by atoms with E-state index < -0.39 is 0 Å². The van der Waals surface area contributed by atoms with E-state index in [0.717, 1.165) is 56.5 Å². The predicted octanol–water partition coefficient (Wildman–Crippen LogP) is 6.36. The molecule has 1 aromatic carbocycles. The molecule has 1 aliphatic heterocycles. The lowest BCUT2D eigenvalue weighted by molar-refractivity contribution is -0.0543. The van der Waals surface area contributed by atoms with Gasteiger partial charge in [-0.1, -0.05) is 63.1 Å². The van der Waals surface area contributed by atoms with Crippen molar-refractivity contribution < 1.29 is 4.74 Å². The van der Waals surface area contributed by atoms with E-state index in [1.165, 1.54) is 19.3 Å². The number of aromatic nitrogens is 2. The number of thiophene rings is 1. The highest BCUT2D eigenvalue weighted by Crippen LogP contribution is 2.39. The normalized spacial score (nSPS) is 18.6. The lowest BCUT2D eigenvalue weighted by atomic mass is 9.90. The number of rotatable bonds is 8. The molecular weight excluding hydrogens is 412 g/mol. The Kier molecular flexibility index (Phi) is 6.66. The van der Waals surface area contributed by atoms with E-state index in [0.29, 0.717) is 6.61 Å². The first-order chi connectivity index (χ1) is 14.6. The van der Waals surface area contributed by atoms with Crippen molar-refractivity contribution in [2.75, 3.05) is 5.75 Å². The quantitative estimate of drug-likeness (QED) is 0.231. The summed E-state index contributed by atoms with van der Waals surface area (Å²) >= 11 is 3.33. The maximum Gasteiger partial charge on any atom is 0.267 e. The third-order valence-corrected chi connectivity index (χ3v) is 8.10. The number of hydrogen-bond donors (Lipinski definition) is 0. The summed E-state index contributed by atoms with van der Waals surface area (Å²) in [5.74, 6) is 0.979.